The SMILES string of the molecule is NCCC(=O)NC1CCC(NC(=O)c2nc3ccncc3s2)CC1. The van der Waals surface area contributed by atoms with Gasteiger partial charge in [-0.15, -0.1) is 11.3 Å². The van der Waals surface area contributed by atoms with Crippen LogP contribution in [0.15, 0.2) is 18.5 Å². The van der Waals surface area contributed by atoms with E-state index in [0.717, 1.165) is 35.9 Å². The van der Waals surface area contributed by atoms with Crippen LogP contribution < -0.4 is 16.4 Å². The largest absolute Gasteiger partial charge is 0.353 e. The smallest absolute Gasteiger partial charge is 0.280 e. The molecule has 4 N–H and O–H groups in total. The van der Waals surface area contributed by atoms with Gasteiger partial charge >= 0.3 is 0 Å². The summed E-state index contributed by atoms with van der Waals surface area (Å²) in [6.45, 7) is 0.370. The molecule has 0 aromatic carbocycles. The number of fused-ring (bicyclic) bond motifs is 1. The van der Waals surface area contributed by atoms with Gasteiger partial charge in [-0.2, -0.15) is 0 Å². The minimum Gasteiger partial charge on any atom is -0.353 e. The second-order valence-electron chi connectivity index (χ2n) is 5.99. The molecule has 2 amide bonds. The lowest BCUT2D eigenvalue weighted by Crippen LogP contribution is -2.44. The third-order valence-corrected chi connectivity index (χ3v) is 5.19. The van der Waals surface area contributed by atoms with Gasteiger partial charge in [0.1, 0.15) is 0 Å². The van der Waals surface area contributed by atoms with E-state index in [1.165, 1.54) is 11.3 Å². The van der Waals surface area contributed by atoms with E-state index >= 15 is 0 Å². The van der Waals surface area contributed by atoms with Gasteiger partial charge in [0.15, 0.2) is 5.01 Å². The third-order valence-electron chi connectivity index (χ3n) is 4.18. The normalized spacial score (nSPS) is 20.7. The fourth-order valence-corrected chi connectivity index (χ4v) is 3.77. The van der Waals surface area contributed by atoms with Crippen LogP contribution in [0.1, 0.15) is 41.9 Å². The van der Waals surface area contributed by atoms with Gasteiger partial charge in [-0.1, -0.05) is 0 Å². The van der Waals surface area contributed by atoms with Crippen LogP contribution >= 0.6 is 11.3 Å². The molecule has 128 valence electrons. The highest BCUT2D eigenvalue weighted by atomic mass is 32.1. The lowest BCUT2D eigenvalue weighted by Gasteiger charge is -2.29. The summed E-state index contributed by atoms with van der Waals surface area (Å²) in [6, 6.07) is 2.12. The number of nitrogens with zero attached hydrogens (tertiary/aromatic N) is 2. The molecule has 0 aliphatic heterocycles. The zero-order valence-corrected chi connectivity index (χ0v) is 14.1. The number of nitrogens with two attached hydrogens (primary N) is 1. The van der Waals surface area contributed by atoms with Gasteiger partial charge in [-0.05, 0) is 31.7 Å². The molecular formula is C16H21N5O2S. The Balaban J connectivity index is 1.50. The number of thiazole rings is 1. The first-order valence-corrected chi connectivity index (χ1v) is 8.98. The maximum Gasteiger partial charge on any atom is 0.280 e. The maximum absolute atomic E-state index is 12.4. The summed E-state index contributed by atoms with van der Waals surface area (Å²) < 4.78 is 0.911. The number of rotatable bonds is 5. The highest BCUT2D eigenvalue weighted by Gasteiger charge is 2.24. The molecule has 1 aliphatic rings. The van der Waals surface area contributed by atoms with Crippen molar-refractivity contribution in [2.24, 2.45) is 5.73 Å². The first-order chi connectivity index (χ1) is 11.7. The molecule has 0 unspecified atom stereocenters. The van der Waals surface area contributed by atoms with E-state index in [2.05, 4.69) is 20.6 Å². The number of nitrogens with one attached hydrogen (secondary N) is 2. The van der Waals surface area contributed by atoms with Crippen LogP contribution in [-0.2, 0) is 4.79 Å². The zero-order chi connectivity index (χ0) is 16.9. The zero-order valence-electron chi connectivity index (χ0n) is 13.3. The molecule has 0 atom stereocenters. The summed E-state index contributed by atoms with van der Waals surface area (Å²) in [5.74, 6) is -0.125. The standard InChI is InChI=1S/C16H21N5O2S/c17-7-5-14(22)19-10-1-3-11(4-2-10)20-15(23)16-21-12-6-8-18-9-13(12)24-16/h6,8-11H,1-5,7,17H2,(H,19,22)(H,20,23). The Morgan fingerprint density at radius 2 is 1.92 bits per heavy atom. The number of carbonyl (C=O) groups is 2. The van der Waals surface area contributed by atoms with Crippen molar-refractivity contribution in [3.8, 4) is 0 Å². The number of carbonyl (C=O) groups excluding carboxylic acids is 2. The highest BCUT2D eigenvalue weighted by molar-refractivity contribution is 7.20. The maximum atomic E-state index is 12.4. The number of pyridine rings is 1. The van der Waals surface area contributed by atoms with Crippen LogP contribution in [0.2, 0.25) is 0 Å². The van der Waals surface area contributed by atoms with Gasteiger partial charge in [0.25, 0.3) is 5.91 Å². The Labute approximate surface area is 144 Å². The summed E-state index contributed by atoms with van der Waals surface area (Å²) in [5.41, 5.74) is 6.18. The summed E-state index contributed by atoms with van der Waals surface area (Å²) in [6.07, 6.45) is 7.19. The van der Waals surface area contributed by atoms with Gasteiger partial charge in [0.2, 0.25) is 5.91 Å². The van der Waals surface area contributed by atoms with Crippen molar-refractivity contribution in [3.63, 3.8) is 0 Å². The Kier molecular flexibility index (Phi) is 5.37. The Morgan fingerprint density at radius 3 is 2.58 bits per heavy atom. The van der Waals surface area contributed by atoms with Crippen molar-refractivity contribution in [1.82, 2.24) is 20.6 Å². The molecular weight excluding hydrogens is 326 g/mol. The highest BCUT2D eigenvalue weighted by Crippen LogP contribution is 2.22. The molecule has 1 aliphatic carbocycles. The lowest BCUT2D eigenvalue weighted by atomic mass is 9.91. The van der Waals surface area contributed by atoms with E-state index in [4.69, 9.17) is 5.73 Å². The van der Waals surface area contributed by atoms with Crippen LogP contribution in [0.3, 0.4) is 0 Å². The van der Waals surface area contributed by atoms with Crippen molar-refractivity contribution in [2.45, 2.75) is 44.2 Å². The first kappa shape index (κ1) is 16.8. The number of amides is 2. The molecule has 0 bridgehead atoms. The molecule has 2 aromatic rings. The molecule has 0 radical (unpaired) electrons. The van der Waals surface area contributed by atoms with E-state index in [1.807, 2.05) is 0 Å². The van der Waals surface area contributed by atoms with E-state index in [0.29, 0.717) is 18.0 Å². The summed E-state index contributed by atoms with van der Waals surface area (Å²) in [7, 11) is 0. The van der Waals surface area contributed by atoms with Crippen LogP contribution in [0, 0.1) is 0 Å². The van der Waals surface area contributed by atoms with Gasteiger partial charge in [-0.3, -0.25) is 14.6 Å². The average Bonchev–Trinajstić information content (AvgIpc) is 3.01. The third kappa shape index (κ3) is 4.07. The van der Waals surface area contributed by atoms with Crippen LogP contribution in [0.5, 0.6) is 0 Å². The molecule has 2 heterocycles. The minimum atomic E-state index is -0.133. The molecule has 1 saturated carbocycles. The van der Waals surface area contributed by atoms with Gasteiger partial charge in [0.05, 0.1) is 10.2 Å². The van der Waals surface area contributed by atoms with Crippen molar-refractivity contribution in [1.29, 1.82) is 0 Å². The van der Waals surface area contributed by atoms with Crippen molar-refractivity contribution < 1.29 is 9.59 Å². The van der Waals surface area contributed by atoms with Gasteiger partial charge in [0, 0.05) is 37.4 Å². The predicted octanol–water partition coefficient (Wildman–Crippen LogP) is 1.20. The average molecular weight is 347 g/mol. The Bertz CT molecular complexity index is 691. The summed E-state index contributed by atoms with van der Waals surface area (Å²) in [5, 5.41) is 6.51. The number of aromatic nitrogens is 2. The second kappa shape index (κ2) is 7.67. The number of hydrogen-bond acceptors (Lipinski definition) is 6. The van der Waals surface area contributed by atoms with Gasteiger partial charge < -0.3 is 16.4 Å². The first-order valence-electron chi connectivity index (χ1n) is 8.16. The number of hydrogen-bond donors (Lipinski definition) is 3. The summed E-state index contributed by atoms with van der Waals surface area (Å²) >= 11 is 1.35. The van der Waals surface area contributed by atoms with Crippen LogP contribution in [-0.4, -0.2) is 40.4 Å². The van der Waals surface area contributed by atoms with Gasteiger partial charge in [-0.25, -0.2) is 4.98 Å². The van der Waals surface area contributed by atoms with E-state index < -0.39 is 0 Å². The molecule has 0 spiro atoms. The van der Waals surface area contributed by atoms with E-state index in [1.54, 1.807) is 18.5 Å². The van der Waals surface area contributed by atoms with E-state index in [9.17, 15) is 9.59 Å². The molecule has 3 rings (SSSR count). The minimum absolute atomic E-state index is 0.00747. The molecule has 1 fully saturated rings. The second-order valence-corrected chi connectivity index (χ2v) is 7.02. The van der Waals surface area contributed by atoms with E-state index in [-0.39, 0.29) is 23.9 Å². The quantitative estimate of drug-likeness (QED) is 0.753. The van der Waals surface area contributed by atoms with Crippen molar-refractivity contribution in [3.05, 3.63) is 23.5 Å². The molecule has 0 saturated heterocycles. The molecule has 8 heteroatoms. The molecule has 2 aromatic heterocycles. The monoisotopic (exact) mass is 347 g/mol. The molecule has 24 heavy (non-hydrogen) atoms. The Hall–Kier alpha value is -2.06. The Morgan fingerprint density at radius 1 is 1.21 bits per heavy atom. The predicted molar refractivity (Wildman–Crippen MR) is 92.7 cm³/mol. The fraction of sp³-hybridized carbons (Fsp3) is 0.500. The summed E-state index contributed by atoms with van der Waals surface area (Å²) in [4.78, 5) is 32.3. The van der Waals surface area contributed by atoms with Crippen LogP contribution in [0.4, 0.5) is 0 Å². The van der Waals surface area contributed by atoms with Crippen molar-refractivity contribution >= 4 is 33.4 Å². The molecule has 7 nitrogen and oxygen atoms in total. The fourth-order valence-electron chi connectivity index (χ4n) is 2.94. The van der Waals surface area contributed by atoms with Crippen molar-refractivity contribution in [2.75, 3.05) is 6.54 Å². The topological polar surface area (TPSA) is 110 Å². The van der Waals surface area contributed by atoms with Crippen LogP contribution in [0.25, 0.3) is 10.2 Å². The lowest BCUT2D eigenvalue weighted by molar-refractivity contribution is -0.121.